The van der Waals surface area contributed by atoms with E-state index < -0.39 is 0 Å². The number of benzene rings is 1. The van der Waals surface area contributed by atoms with Crippen molar-refractivity contribution in [2.45, 2.75) is 25.0 Å². The number of hydrogen-bond acceptors (Lipinski definition) is 4. The Bertz CT molecular complexity index is 567. The van der Waals surface area contributed by atoms with Crippen LogP contribution in [0.3, 0.4) is 0 Å². The van der Waals surface area contributed by atoms with Crippen molar-refractivity contribution in [1.82, 2.24) is 10.4 Å². The molecule has 1 fully saturated rings. The number of hydrogen-bond donors (Lipinski definition) is 2. The normalized spacial score (nSPS) is 15.9. The van der Waals surface area contributed by atoms with E-state index in [1.54, 1.807) is 12.3 Å². The minimum atomic E-state index is -0.165. The average molecular weight is 290 g/mol. The molecule has 1 unspecified atom stereocenters. The van der Waals surface area contributed by atoms with E-state index >= 15 is 0 Å². The molecule has 1 aliphatic carbocycles. The fourth-order valence-electron chi connectivity index (χ4n) is 2.03. The standard InChI is InChI=1S/C15H16ClN3O/c16-11-3-8-14(18-9-11)15(19-17)10-1-4-12(5-2-10)20-13-6-7-13/h1-5,8-9,13,15,19H,6-7,17H2. The summed E-state index contributed by atoms with van der Waals surface area (Å²) in [6.07, 6.45) is 4.33. The molecule has 1 atom stereocenters. The first-order valence-electron chi connectivity index (χ1n) is 6.60. The second-order valence-corrected chi connectivity index (χ2v) is 5.32. The summed E-state index contributed by atoms with van der Waals surface area (Å²) in [4.78, 5) is 4.30. The fraction of sp³-hybridized carbons (Fsp3) is 0.267. The van der Waals surface area contributed by atoms with Crippen LogP contribution in [0.2, 0.25) is 5.02 Å². The molecule has 1 aromatic heterocycles. The number of nitrogens with zero attached hydrogens (tertiary/aromatic N) is 1. The van der Waals surface area contributed by atoms with Crippen LogP contribution in [0.4, 0.5) is 0 Å². The molecular weight excluding hydrogens is 274 g/mol. The lowest BCUT2D eigenvalue weighted by molar-refractivity contribution is 0.303. The molecule has 1 aromatic carbocycles. The van der Waals surface area contributed by atoms with Crippen LogP contribution in [-0.2, 0) is 0 Å². The van der Waals surface area contributed by atoms with Gasteiger partial charge in [-0.05, 0) is 42.7 Å². The SMILES string of the molecule is NNC(c1ccc(OC2CC2)cc1)c1ccc(Cl)cn1. The molecule has 5 heteroatoms. The molecule has 0 amide bonds. The minimum Gasteiger partial charge on any atom is -0.490 e. The molecular formula is C15H16ClN3O. The van der Waals surface area contributed by atoms with Gasteiger partial charge in [0.2, 0.25) is 0 Å². The summed E-state index contributed by atoms with van der Waals surface area (Å²) in [5, 5.41) is 0.609. The molecule has 0 aliphatic heterocycles. The summed E-state index contributed by atoms with van der Waals surface area (Å²) < 4.78 is 5.73. The molecule has 1 heterocycles. The smallest absolute Gasteiger partial charge is 0.119 e. The van der Waals surface area contributed by atoms with Crippen molar-refractivity contribution < 1.29 is 4.74 Å². The van der Waals surface area contributed by atoms with Gasteiger partial charge in [0.15, 0.2) is 0 Å². The highest BCUT2D eigenvalue weighted by Crippen LogP contribution is 2.28. The van der Waals surface area contributed by atoms with Crippen molar-refractivity contribution in [2.24, 2.45) is 5.84 Å². The molecule has 104 valence electrons. The predicted octanol–water partition coefficient (Wildman–Crippen LogP) is 2.83. The van der Waals surface area contributed by atoms with Gasteiger partial charge < -0.3 is 4.74 Å². The fourth-order valence-corrected chi connectivity index (χ4v) is 2.14. The number of ether oxygens (including phenoxy) is 1. The lowest BCUT2D eigenvalue weighted by Crippen LogP contribution is -2.29. The molecule has 0 saturated heterocycles. The van der Waals surface area contributed by atoms with Crippen LogP contribution >= 0.6 is 11.6 Å². The molecule has 20 heavy (non-hydrogen) atoms. The van der Waals surface area contributed by atoms with Gasteiger partial charge in [0, 0.05) is 6.20 Å². The van der Waals surface area contributed by atoms with Gasteiger partial charge in [-0.15, -0.1) is 0 Å². The zero-order valence-electron chi connectivity index (χ0n) is 10.9. The Morgan fingerprint density at radius 1 is 1.20 bits per heavy atom. The maximum absolute atomic E-state index is 5.85. The number of halogens is 1. The highest BCUT2D eigenvalue weighted by Gasteiger charge is 2.23. The summed E-state index contributed by atoms with van der Waals surface area (Å²) in [6.45, 7) is 0. The van der Waals surface area contributed by atoms with Crippen LogP contribution in [-0.4, -0.2) is 11.1 Å². The van der Waals surface area contributed by atoms with Gasteiger partial charge >= 0.3 is 0 Å². The summed E-state index contributed by atoms with van der Waals surface area (Å²) >= 11 is 5.85. The summed E-state index contributed by atoms with van der Waals surface area (Å²) in [5.41, 5.74) is 4.64. The number of hydrazine groups is 1. The highest BCUT2D eigenvalue weighted by atomic mass is 35.5. The molecule has 0 bridgehead atoms. The van der Waals surface area contributed by atoms with Crippen LogP contribution in [0, 0.1) is 0 Å². The molecule has 0 radical (unpaired) electrons. The Morgan fingerprint density at radius 2 is 1.95 bits per heavy atom. The zero-order valence-corrected chi connectivity index (χ0v) is 11.7. The summed E-state index contributed by atoms with van der Waals surface area (Å²) in [5.74, 6) is 6.55. The molecule has 2 aromatic rings. The Labute approximate surface area is 122 Å². The van der Waals surface area contributed by atoms with Crippen molar-refractivity contribution in [3.63, 3.8) is 0 Å². The van der Waals surface area contributed by atoms with E-state index in [4.69, 9.17) is 22.2 Å². The predicted molar refractivity (Wildman–Crippen MR) is 78.5 cm³/mol. The van der Waals surface area contributed by atoms with Crippen molar-refractivity contribution in [1.29, 1.82) is 0 Å². The van der Waals surface area contributed by atoms with Crippen molar-refractivity contribution in [3.8, 4) is 5.75 Å². The Morgan fingerprint density at radius 3 is 2.50 bits per heavy atom. The zero-order chi connectivity index (χ0) is 13.9. The van der Waals surface area contributed by atoms with Gasteiger partial charge in [0.25, 0.3) is 0 Å². The van der Waals surface area contributed by atoms with Gasteiger partial charge in [-0.1, -0.05) is 23.7 Å². The van der Waals surface area contributed by atoms with Crippen molar-refractivity contribution in [3.05, 3.63) is 58.9 Å². The number of nitrogens with one attached hydrogen (secondary N) is 1. The van der Waals surface area contributed by atoms with Gasteiger partial charge in [0.05, 0.1) is 22.9 Å². The van der Waals surface area contributed by atoms with Crippen molar-refractivity contribution in [2.75, 3.05) is 0 Å². The number of rotatable bonds is 5. The Kier molecular flexibility index (Phi) is 3.87. The number of nitrogens with two attached hydrogens (primary N) is 1. The first-order valence-corrected chi connectivity index (χ1v) is 6.98. The first kappa shape index (κ1) is 13.4. The third-order valence-corrected chi connectivity index (χ3v) is 3.48. The van der Waals surface area contributed by atoms with Crippen LogP contribution < -0.4 is 16.0 Å². The van der Waals surface area contributed by atoms with Crippen LogP contribution in [0.15, 0.2) is 42.6 Å². The second kappa shape index (κ2) is 5.79. The first-order chi connectivity index (χ1) is 9.76. The quantitative estimate of drug-likeness (QED) is 0.656. The molecule has 1 saturated carbocycles. The minimum absolute atomic E-state index is 0.165. The third kappa shape index (κ3) is 3.10. The van der Waals surface area contributed by atoms with E-state index in [1.165, 1.54) is 0 Å². The summed E-state index contributed by atoms with van der Waals surface area (Å²) in [7, 11) is 0. The van der Waals surface area contributed by atoms with Crippen LogP contribution in [0.1, 0.15) is 30.1 Å². The topological polar surface area (TPSA) is 60.2 Å². The Hall–Kier alpha value is -1.62. The number of pyridine rings is 1. The summed E-state index contributed by atoms with van der Waals surface area (Å²) in [6, 6.07) is 11.4. The lowest BCUT2D eigenvalue weighted by Gasteiger charge is -2.16. The Balaban J connectivity index is 1.79. The van der Waals surface area contributed by atoms with E-state index in [0.29, 0.717) is 11.1 Å². The van der Waals surface area contributed by atoms with E-state index in [0.717, 1.165) is 29.8 Å². The van der Waals surface area contributed by atoms with Gasteiger partial charge in [-0.25, -0.2) is 5.43 Å². The average Bonchev–Trinajstić information content (AvgIpc) is 3.27. The largest absolute Gasteiger partial charge is 0.490 e. The van der Waals surface area contributed by atoms with Gasteiger partial charge in [-0.2, -0.15) is 0 Å². The van der Waals surface area contributed by atoms with E-state index in [-0.39, 0.29) is 6.04 Å². The maximum atomic E-state index is 5.85. The van der Waals surface area contributed by atoms with E-state index in [9.17, 15) is 0 Å². The second-order valence-electron chi connectivity index (χ2n) is 4.89. The molecule has 3 rings (SSSR count). The molecule has 0 spiro atoms. The van der Waals surface area contributed by atoms with E-state index in [1.807, 2.05) is 30.3 Å². The maximum Gasteiger partial charge on any atom is 0.119 e. The molecule has 4 nitrogen and oxygen atoms in total. The van der Waals surface area contributed by atoms with Gasteiger partial charge in [0.1, 0.15) is 5.75 Å². The molecule has 1 aliphatic rings. The highest BCUT2D eigenvalue weighted by molar-refractivity contribution is 6.30. The number of aromatic nitrogens is 1. The third-order valence-electron chi connectivity index (χ3n) is 3.25. The van der Waals surface area contributed by atoms with E-state index in [2.05, 4.69) is 10.4 Å². The van der Waals surface area contributed by atoms with Crippen molar-refractivity contribution >= 4 is 11.6 Å². The van der Waals surface area contributed by atoms with Crippen LogP contribution in [0.5, 0.6) is 5.75 Å². The van der Waals surface area contributed by atoms with Crippen LogP contribution in [0.25, 0.3) is 0 Å². The monoisotopic (exact) mass is 289 g/mol. The molecule has 3 N–H and O–H groups in total. The van der Waals surface area contributed by atoms with Gasteiger partial charge in [-0.3, -0.25) is 10.8 Å². The lowest BCUT2D eigenvalue weighted by atomic mass is 10.0.